The highest BCUT2D eigenvalue weighted by molar-refractivity contribution is 7.98. The van der Waals surface area contributed by atoms with Gasteiger partial charge in [0.1, 0.15) is 0 Å². The van der Waals surface area contributed by atoms with E-state index in [1.807, 2.05) is 24.4 Å². The number of nitrogens with zero attached hydrogens (tertiary/aromatic N) is 1. The third kappa shape index (κ3) is 2.71. The fourth-order valence-corrected chi connectivity index (χ4v) is 2.89. The monoisotopic (exact) mass is 266 g/mol. The number of thioether (sulfide) groups is 1. The Morgan fingerprint density at radius 1 is 0.947 bits per heavy atom. The van der Waals surface area contributed by atoms with E-state index in [0.29, 0.717) is 0 Å². The van der Waals surface area contributed by atoms with Crippen LogP contribution in [0.4, 0.5) is 5.69 Å². The quantitative estimate of drug-likeness (QED) is 0.573. The van der Waals surface area contributed by atoms with Gasteiger partial charge in [-0.05, 0) is 35.9 Å². The molecule has 0 saturated carbocycles. The van der Waals surface area contributed by atoms with Crippen molar-refractivity contribution in [2.75, 3.05) is 5.73 Å². The number of rotatable bonds is 3. The Morgan fingerprint density at radius 3 is 2.58 bits per heavy atom. The molecule has 0 spiro atoms. The molecule has 0 unspecified atom stereocenters. The number of fused-ring (bicyclic) bond motifs is 1. The largest absolute Gasteiger partial charge is 0.399 e. The second kappa shape index (κ2) is 5.33. The molecule has 3 heteroatoms. The average molecular weight is 266 g/mol. The number of pyridine rings is 1. The fraction of sp³-hybridized carbons (Fsp3) is 0.0625. The van der Waals surface area contributed by atoms with Crippen molar-refractivity contribution in [3.8, 4) is 0 Å². The topological polar surface area (TPSA) is 38.9 Å². The predicted molar refractivity (Wildman–Crippen MR) is 82.2 cm³/mol. The van der Waals surface area contributed by atoms with E-state index in [1.54, 1.807) is 11.8 Å². The van der Waals surface area contributed by atoms with Crippen molar-refractivity contribution in [3.05, 3.63) is 66.4 Å². The van der Waals surface area contributed by atoms with Crippen molar-refractivity contribution in [2.45, 2.75) is 10.6 Å². The number of aromatic nitrogens is 1. The van der Waals surface area contributed by atoms with Crippen LogP contribution in [0.5, 0.6) is 0 Å². The molecule has 19 heavy (non-hydrogen) atoms. The van der Waals surface area contributed by atoms with Gasteiger partial charge in [0.25, 0.3) is 0 Å². The SMILES string of the molecule is Nc1ccc(SCc2cccc3cccnc23)cc1. The molecule has 2 nitrogen and oxygen atoms in total. The molecule has 0 atom stereocenters. The summed E-state index contributed by atoms with van der Waals surface area (Å²) >= 11 is 1.80. The summed E-state index contributed by atoms with van der Waals surface area (Å²) < 4.78 is 0. The van der Waals surface area contributed by atoms with Crippen molar-refractivity contribution in [3.63, 3.8) is 0 Å². The fourth-order valence-electron chi connectivity index (χ4n) is 2.01. The number of hydrogen-bond donors (Lipinski definition) is 1. The lowest BCUT2D eigenvalue weighted by atomic mass is 10.1. The lowest BCUT2D eigenvalue weighted by molar-refractivity contribution is 1.34. The Bertz CT molecular complexity index is 687. The van der Waals surface area contributed by atoms with Gasteiger partial charge in [0.2, 0.25) is 0 Å². The Labute approximate surface area is 116 Å². The highest BCUT2D eigenvalue weighted by Crippen LogP contribution is 2.26. The molecule has 0 radical (unpaired) electrons. The molecule has 3 aromatic rings. The molecule has 94 valence electrons. The molecular formula is C16H14N2S. The Hall–Kier alpha value is -2.00. The van der Waals surface area contributed by atoms with Crippen molar-refractivity contribution in [1.82, 2.24) is 4.98 Å². The summed E-state index contributed by atoms with van der Waals surface area (Å²) in [6, 6.07) is 18.4. The van der Waals surface area contributed by atoms with E-state index in [0.717, 1.165) is 17.0 Å². The lowest BCUT2D eigenvalue weighted by Gasteiger charge is -2.05. The number of para-hydroxylation sites is 1. The maximum atomic E-state index is 5.69. The zero-order valence-electron chi connectivity index (χ0n) is 10.4. The van der Waals surface area contributed by atoms with E-state index in [2.05, 4.69) is 41.4 Å². The number of nitrogen functional groups attached to an aromatic ring is 1. The second-order valence-electron chi connectivity index (χ2n) is 4.35. The molecule has 0 amide bonds. The van der Waals surface area contributed by atoms with E-state index in [9.17, 15) is 0 Å². The van der Waals surface area contributed by atoms with Crippen molar-refractivity contribution in [1.29, 1.82) is 0 Å². The average Bonchev–Trinajstić information content (AvgIpc) is 2.47. The lowest BCUT2D eigenvalue weighted by Crippen LogP contribution is -1.87. The van der Waals surface area contributed by atoms with Gasteiger partial charge in [-0.25, -0.2) is 0 Å². The zero-order chi connectivity index (χ0) is 13.1. The van der Waals surface area contributed by atoms with Crippen LogP contribution < -0.4 is 5.73 Å². The van der Waals surface area contributed by atoms with Crippen LogP contribution in [0.1, 0.15) is 5.56 Å². The molecule has 0 aliphatic rings. The molecule has 3 rings (SSSR count). The summed E-state index contributed by atoms with van der Waals surface area (Å²) in [5.74, 6) is 0.915. The molecule has 0 aliphatic carbocycles. The first-order chi connectivity index (χ1) is 9.33. The van der Waals surface area contributed by atoms with Crippen LogP contribution >= 0.6 is 11.8 Å². The summed E-state index contributed by atoms with van der Waals surface area (Å²) in [7, 11) is 0. The van der Waals surface area contributed by atoms with Gasteiger partial charge in [0.05, 0.1) is 5.52 Å². The smallest absolute Gasteiger partial charge is 0.0742 e. The zero-order valence-corrected chi connectivity index (χ0v) is 11.2. The minimum Gasteiger partial charge on any atom is -0.399 e. The normalized spacial score (nSPS) is 10.7. The summed E-state index contributed by atoms with van der Waals surface area (Å²) in [6.45, 7) is 0. The van der Waals surface area contributed by atoms with E-state index >= 15 is 0 Å². The molecule has 1 aromatic heterocycles. The summed E-state index contributed by atoms with van der Waals surface area (Å²) in [5, 5.41) is 1.19. The first-order valence-corrected chi connectivity index (χ1v) is 7.12. The highest BCUT2D eigenvalue weighted by atomic mass is 32.2. The van der Waals surface area contributed by atoms with Gasteiger partial charge in [-0.1, -0.05) is 24.3 Å². The third-order valence-corrected chi connectivity index (χ3v) is 4.05. The number of anilines is 1. The number of hydrogen-bond acceptors (Lipinski definition) is 3. The molecule has 1 heterocycles. The maximum absolute atomic E-state index is 5.69. The second-order valence-corrected chi connectivity index (χ2v) is 5.40. The van der Waals surface area contributed by atoms with Gasteiger partial charge in [0, 0.05) is 27.9 Å². The van der Waals surface area contributed by atoms with E-state index < -0.39 is 0 Å². The van der Waals surface area contributed by atoms with Crippen LogP contribution in [-0.4, -0.2) is 4.98 Å². The van der Waals surface area contributed by atoms with Crippen LogP contribution in [0, 0.1) is 0 Å². The van der Waals surface area contributed by atoms with Gasteiger partial charge < -0.3 is 5.73 Å². The van der Waals surface area contributed by atoms with Gasteiger partial charge >= 0.3 is 0 Å². The number of benzene rings is 2. The molecule has 2 N–H and O–H groups in total. The van der Waals surface area contributed by atoms with Crippen molar-refractivity contribution in [2.24, 2.45) is 0 Å². The van der Waals surface area contributed by atoms with Crippen LogP contribution in [0.15, 0.2) is 65.7 Å². The van der Waals surface area contributed by atoms with Crippen LogP contribution in [-0.2, 0) is 5.75 Å². The van der Waals surface area contributed by atoms with Gasteiger partial charge in [0.15, 0.2) is 0 Å². The van der Waals surface area contributed by atoms with E-state index in [-0.39, 0.29) is 0 Å². The van der Waals surface area contributed by atoms with E-state index in [4.69, 9.17) is 5.73 Å². The van der Waals surface area contributed by atoms with Crippen molar-refractivity contribution < 1.29 is 0 Å². The standard InChI is InChI=1S/C16H14N2S/c17-14-6-8-15(9-7-14)19-11-13-4-1-3-12-5-2-10-18-16(12)13/h1-10H,11,17H2. The Morgan fingerprint density at radius 2 is 1.74 bits per heavy atom. The minimum absolute atomic E-state index is 0.802. The van der Waals surface area contributed by atoms with Crippen LogP contribution in [0.25, 0.3) is 10.9 Å². The van der Waals surface area contributed by atoms with Gasteiger partial charge in [-0.2, -0.15) is 0 Å². The molecule has 2 aromatic carbocycles. The summed E-state index contributed by atoms with van der Waals surface area (Å²) in [6.07, 6.45) is 1.85. The minimum atomic E-state index is 0.802. The molecule has 0 aliphatic heterocycles. The van der Waals surface area contributed by atoms with Crippen LogP contribution in [0.3, 0.4) is 0 Å². The molecular weight excluding hydrogens is 252 g/mol. The Kier molecular flexibility index (Phi) is 3.38. The molecule has 0 fully saturated rings. The number of nitrogens with two attached hydrogens (primary N) is 1. The van der Waals surface area contributed by atoms with E-state index in [1.165, 1.54) is 15.8 Å². The van der Waals surface area contributed by atoms with Crippen molar-refractivity contribution >= 4 is 28.4 Å². The summed E-state index contributed by atoms with van der Waals surface area (Å²) in [4.78, 5) is 5.70. The predicted octanol–water partition coefficient (Wildman–Crippen LogP) is 4.11. The summed E-state index contributed by atoms with van der Waals surface area (Å²) in [5.41, 5.74) is 8.85. The van der Waals surface area contributed by atoms with Crippen LogP contribution in [0.2, 0.25) is 0 Å². The first-order valence-electron chi connectivity index (χ1n) is 6.14. The van der Waals surface area contributed by atoms with Gasteiger partial charge in [-0.15, -0.1) is 11.8 Å². The maximum Gasteiger partial charge on any atom is 0.0742 e. The Balaban J connectivity index is 1.84. The molecule has 0 saturated heterocycles. The molecule has 0 bridgehead atoms. The third-order valence-electron chi connectivity index (χ3n) is 2.99. The highest BCUT2D eigenvalue weighted by Gasteiger charge is 2.02. The first kappa shape index (κ1) is 12.1. The van der Waals surface area contributed by atoms with Gasteiger partial charge in [-0.3, -0.25) is 4.98 Å².